The van der Waals surface area contributed by atoms with Crippen molar-refractivity contribution >= 4 is 29.6 Å². The molecule has 3 rings (SSSR count). The number of ether oxygens (including phenoxy) is 1. The minimum absolute atomic E-state index is 0. The summed E-state index contributed by atoms with van der Waals surface area (Å²) in [5.74, 6) is 0. The Labute approximate surface area is 131 Å². The molecular weight excluding hydrogens is 231 g/mol. The molecule has 1 nitrogen and oxygen atoms in total. The maximum Gasteiger partial charge on any atom is 0.0704 e. The molecule has 1 aliphatic heterocycles. The van der Waals surface area contributed by atoms with Crippen LogP contribution in [0.1, 0.15) is 18.4 Å². The van der Waals surface area contributed by atoms with Crippen LogP contribution < -0.4 is 0 Å². The van der Waals surface area contributed by atoms with E-state index < -0.39 is 0 Å². The van der Waals surface area contributed by atoms with Crippen molar-refractivity contribution in [2.45, 2.75) is 25.4 Å². The molecule has 0 amide bonds. The van der Waals surface area contributed by atoms with Gasteiger partial charge in [0.05, 0.1) is 6.10 Å². The fraction of sp³-hybridized carbons (Fsp3) is 0.375. The number of hydrogen-bond donors (Lipinski definition) is 0. The van der Waals surface area contributed by atoms with Gasteiger partial charge in [0.25, 0.3) is 0 Å². The van der Waals surface area contributed by atoms with Crippen molar-refractivity contribution < 1.29 is 4.74 Å². The van der Waals surface area contributed by atoms with E-state index in [1.807, 2.05) is 0 Å². The van der Waals surface area contributed by atoms with E-state index in [4.69, 9.17) is 4.74 Å². The van der Waals surface area contributed by atoms with Crippen LogP contribution in [-0.2, 0) is 11.2 Å². The Hall–Kier alpha value is -0.340. The molecule has 0 saturated carbocycles. The molecule has 0 N–H and O–H groups in total. The Morgan fingerprint density at radius 3 is 2.44 bits per heavy atom. The molecule has 1 aromatic rings. The Morgan fingerprint density at radius 2 is 1.83 bits per heavy atom. The molecule has 0 aromatic heterocycles. The monoisotopic (exact) mass is 249 g/mol. The smallest absolute Gasteiger partial charge is 0.0704 e. The van der Waals surface area contributed by atoms with Gasteiger partial charge in [-0.05, 0) is 24.8 Å². The minimum Gasteiger partial charge on any atom is -0.377 e. The first-order valence-corrected chi connectivity index (χ1v) is 6.42. The predicted molar refractivity (Wildman–Crippen MR) is 75.6 cm³/mol. The molecule has 1 unspecified atom stereocenters. The average molecular weight is 249 g/mol. The second-order valence-electron chi connectivity index (χ2n) is 4.99. The summed E-state index contributed by atoms with van der Waals surface area (Å²) < 4.78 is 5.91. The minimum atomic E-state index is 0. The van der Waals surface area contributed by atoms with Gasteiger partial charge in [-0.25, -0.2) is 0 Å². The first-order valence-electron chi connectivity index (χ1n) is 6.42. The van der Waals surface area contributed by atoms with Crippen LogP contribution in [0.2, 0.25) is 0 Å². The number of allylic oxidation sites excluding steroid dienone is 2. The van der Waals surface area contributed by atoms with Crippen molar-refractivity contribution in [3.63, 3.8) is 0 Å². The molecule has 89 valence electrons. The van der Waals surface area contributed by atoms with E-state index in [1.54, 1.807) is 0 Å². The van der Waals surface area contributed by atoms with Gasteiger partial charge in [-0.15, -0.1) is 0 Å². The van der Waals surface area contributed by atoms with E-state index in [-0.39, 0.29) is 35.0 Å². The Balaban J connectivity index is 0.00000120. The molecule has 2 aliphatic rings. The normalized spacial score (nSPS) is 24.1. The standard InChI is InChI=1S/C16H18O.Na/c1-2-7-14(8-3-1)13-16(10-4-5-11-16)15-9-6-12-17-15;/h1-5,7-8,10-11,15H,6,9,12-13H2;. The molecule has 1 saturated heterocycles. The summed E-state index contributed by atoms with van der Waals surface area (Å²) >= 11 is 0. The van der Waals surface area contributed by atoms with E-state index >= 15 is 0 Å². The van der Waals surface area contributed by atoms with Gasteiger partial charge in [0.15, 0.2) is 0 Å². The van der Waals surface area contributed by atoms with Crippen molar-refractivity contribution in [3.8, 4) is 0 Å². The second kappa shape index (κ2) is 6.21. The third kappa shape index (κ3) is 2.80. The van der Waals surface area contributed by atoms with Gasteiger partial charge < -0.3 is 4.74 Å². The van der Waals surface area contributed by atoms with Gasteiger partial charge in [-0.3, -0.25) is 0 Å². The number of hydrogen-bond acceptors (Lipinski definition) is 1. The van der Waals surface area contributed by atoms with Crippen LogP contribution in [0.4, 0.5) is 0 Å². The summed E-state index contributed by atoms with van der Waals surface area (Å²) in [6.45, 7) is 0.920. The molecule has 1 atom stereocenters. The summed E-state index contributed by atoms with van der Waals surface area (Å²) in [6, 6.07) is 10.7. The van der Waals surface area contributed by atoms with Crippen LogP contribution in [0.25, 0.3) is 0 Å². The fourth-order valence-electron chi connectivity index (χ4n) is 2.92. The third-order valence-electron chi connectivity index (χ3n) is 3.81. The van der Waals surface area contributed by atoms with Gasteiger partial charge in [0, 0.05) is 41.6 Å². The molecule has 0 spiro atoms. The second-order valence-corrected chi connectivity index (χ2v) is 4.99. The predicted octanol–water partition coefficient (Wildman–Crippen LogP) is 3.14. The van der Waals surface area contributed by atoms with Gasteiger partial charge in [0.1, 0.15) is 0 Å². The zero-order valence-corrected chi connectivity index (χ0v) is 13.0. The first-order chi connectivity index (χ1) is 8.39. The van der Waals surface area contributed by atoms with Crippen LogP contribution in [0.3, 0.4) is 0 Å². The fourth-order valence-corrected chi connectivity index (χ4v) is 2.92. The van der Waals surface area contributed by atoms with E-state index in [0.29, 0.717) is 6.10 Å². The molecule has 1 fully saturated rings. The van der Waals surface area contributed by atoms with Gasteiger partial charge >= 0.3 is 0 Å². The molecule has 18 heavy (non-hydrogen) atoms. The van der Waals surface area contributed by atoms with Gasteiger partial charge in [-0.1, -0.05) is 54.6 Å². The summed E-state index contributed by atoms with van der Waals surface area (Å²) in [5, 5.41) is 0. The Kier molecular flexibility index (Phi) is 4.85. The first kappa shape index (κ1) is 14.1. The number of rotatable bonds is 3. The zero-order chi connectivity index (χ0) is 11.6. The Morgan fingerprint density at radius 1 is 1.11 bits per heavy atom. The van der Waals surface area contributed by atoms with E-state index in [1.165, 1.54) is 18.4 Å². The van der Waals surface area contributed by atoms with Crippen molar-refractivity contribution in [1.82, 2.24) is 0 Å². The van der Waals surface area contributed by atoms with Gasteiger partial charge in [0.2, 0.25) is 0 Å². The molecule has 2 heteroatoms. The molecule has 1 aliphatic carbocycles. The Bertz CT molecular complexity index is 418. The van der Waals surface area contributed by atoms with Crippen LogP contribution >= 0.6 is 0 Å². The van der Waals surface area contributed by atoms with Crippen LogP contribution in [0.15, 0.2) is 54.6 Å². The van der Waals surface area contributed by atoms with Crippen molar-refractivity contribution in [2.75, 3.05) is 6.61 Å². The van der Waals surface area contributed by atoms with Crippen molar-refractivity contribution in [2.24, 2.45) is 5.41 Å². The summed E-state index contributed by atoms with van der Waals surface area (Å²) in [6.07, 6.45) is 12.7. The summed E-state index contributed by atoms with van der Waals surface area (Å²) in [5.41, 5.74) is 1.48. The van der Waals surface area contributed by atoms with Gasteiger partial charge in [-0.2, -0.15) is 0 Å². The number of benzene rings is 1. The van der Waals surface area contributed by atoms with E-state index in [2.05, 4.69) is 54.6 Å². The molecule has 0 bridgehead atoms. The largest absolute Gasteiger partial charge is 0.377 e. The van der Waals surface area contributed by atoms with E-state index in [0.717, 1.165) is 13.0 Å². The average Bonchev–Trinajstić information content (AvgIpc) is 3.01. The molecule has 1 radical (unpaired) electrons. The van der Waals surface area contributed by atoms with E-state index in [9.17, 15) is 0 Å². The summed E-state index contributed by atoms with van der Waals surface area (Å²) in [4.78, 5) is 0. The van der Waals surface area contributed by atoms with Crippen LogP contribution in [0, 0.1) is 5.41 Å². The zero-order valence-electron chi connectivity index (χ0n) is 11.0. The van der Waals surface area contributed by atoms with Crippen LogP contribution in [0.5, 0.6) is 0 Å². The quantitative estimate of drug-likeness (QED) is 0.748. The molecule has 1 heterocycles. The van der Waals surface area contributed by atoms with Crippen LogP contribution in [-0.4, -0.2) is 42.3 Å². The molecule has 1 aromatic carbocycles. The van der Waals surface area contributed by atoms with Crippen molar-refractivity contribution in [1.29, 1.82) is 0 Å². The summed E-state index contributed by atoms with van der Waals surface area (Å²) in [7, 11) is 0. The SMILES string of the molecule is C1=CC(Cc2ccccc2)(C2CCCO2)C=C1.[Na]. The maximum absolute atomic E-state index is 5.91. The maximum atomic E-state index is 5.91. The molecular formula is C16H18NaO. The van der Waals surface area contributed by atoms with Crippen molar-refractivity contribution in [3.05, 3.63) is 60.2 Å². The topological polar surface area (TPSA) is 9.23 Å². The third-order valence-corrected chi connectivity index (χ3v) is 3.81.